The summed E-state index contributed by atoms with van der Waals surface area (Å²) in [6.07, 6.45) is 2.93. The van der Waals surface area contributed by atoms with E-state index in [0.29, 0.717) is 7.35 Å². The summed E-state index contributed by atoms with van der Waals surface area (Å²) in [4.78, 5) is 0. The first-order chi connectivity index (χ1) is 23.5. The molecule has 2 fully saturated rings. The summed E-state index contributed by atoms with van der Waals surface area (Å²) >= 11 is -3.50. The molecule has 4 aromatic carbocycles. The molecule has 1 heterocycles. The maximum Gasteiger partial charge on any atom is -1.00 e. The van der Waals surface area contributed by atoms with E-state index in [-0.39, 0.29) is 24.8 Å². The standard InChI is InChI=1S/2C18H14F3.C6H10.2ClH.Hf/c2*1-2-12-10-14-4-3-5-16(17(14)11-12)13-6-8-15(9-7-13)18(19,20)21;1-2-4-6-5-3-1;;;/h2*3-11H,2H2,1H3;1-2H,3-6H2;2*1H;/q;;;;;+2/p-2. The molecular formula is C42H38Cl2F6Hf. The van der Waals surface area contributed by atoms with E-state index in [1.165, 1.54) is 83.3 Å². The Morgan fingerprint density at radius 3 is 1.25 bits per heavy atom. The predicted octanol–water partition coefficient (Wildman–Crippen LogP) is 7.78. The van der Waals surface area contributed by atoms with Crippen LogP contribution in [0.2, 0.25) is 7.35 Å². The van der Waals surface area contributed by atoms with Crippen LogP contribution >= 0.6 is 0 Å². The summed E-state index contributed by atoms with van der Waals surface area (Å²) in [6.45, 7) is 4.50. The molecule has 51 heavy (non-hydrogen) atoms. The van der Waals surface area contributed by atoms with Gasteiger partial charge in [-0.25, -0.2) is 0 Å². The Morgan fingerprint density at radius 2 is 0.922 bits per heavy atom. The molecule has 0 spiro atoms. The van der Waals surface area contributed by atoms with E-state index in [2.05, 4.69) is 62.4 Å². The van der Waals surface area contributed by atoms with Gasteiger partial charge in [0.1, 0.15) is 0 Å². The Morgan fingerprint density at radius 1 is 0.549 bits per heavy atom. The van der Waals surface area contributed by atoms with Crippen LogP contribution in [0.5, 0.6) is 0 Å². The number of hydrogen-bond acceptors (Lipinski definition) is 0. The van der Waals surface area contributed by atoms with Gasteiger partial charge in [-0.05, 0) is 0 Å². The van der Waals surface area contributed by atoms with Crippen molar-refractivity contribution in [2.45, 2.75) is 79.4 Å². The van der Waals surface area contributed by atoms with Gasteiger partial charge in [-0.1, -0.05) is 0 Å². The van der Waals surface area contributed by atoms with Crippen LogP contribution in [0.25, 0.3) is 34.4 Å². The second-order valence-corrected chi connectivity index (χ2v) is 30.9. The third-order valence-electron chi connectivity index (χ3n) is 12.1. The molecule has 1 aliphatic heterocycles. The minimum atomic E-state index is -4.38. The van der Waals surface area contributed by atoms with Crippen LogP contribution in [0.1, 0.15) is 93.1 Å². The van der Waals surface area contributed by atoms with Crippen LogP contribution in [-0.2, 0) is 32.3 Å². The Balaban J connectivity index is 0.00000224. The first-order valence-corrected chi connectivity index (χ1v) is 25.8. The summed E-state index contributed by atoms with van der Waals surface area (Å²) in [5.74, 6) is 0. The average Bonchev–Trinajstić information content (AvgIpc) is 3.37. The quantitative estimate of drug-likeness (QED) is 0.137. The van der Waals surface area contributed by atoms with E-state index in [0.717, 1.165) is 42.4 Å². The minimum Gasteiger partial charge on any atom is -1.00 e. The molecule has 0 amide bonds. The van der Waals surface area contributed by atoms with Crippen molar-refractivity contribution in [1.82, 2.24) is 0 Å². The second kappa shape index (κ2) is 14.0. The molecule has 4 atom stereocenters. The molecule has 0 N–H and O–H groups in total. The van der Waals surface area contributed by atoms with Crippen molar-refractivity contribution in [2.24, 2.45) is 0 Å². The summed E-state index contributed by atoms with van der Waals surface area (Å²) < 4.78 is 82.9. The molecule has 3 aliphatic carbocycles. The van der Waals surface area contributed by atoms with Gasteiger partial charge in [0.2, 0.25) is 0 Å². The number of benzene rings is 4. The van der Waals surface area contributed by atoms with Gasteiger partial charge in [-0.2, -0.15) is 0 Å². The summed E-state index contributed by atoms with van der Waals surface area (Å²) in [7, 11) is 0. The normalized spacial score (nSPS) is 23.5. The van der Waals surface area contributed by atoms with Crippen LogP contribution < -0.4 is 24.8 Å². The third kappa shape index (κ3) is 6.11. The number of rotatable bonds is 6. The summed E-state index contributed by atoms with van der Waals surface area (Å²) in [5, 5.41) is 0. The number of fused-ring (bicyclic) bond motifs is 3. The number of hydrogen-bond donors (Lipinski definition) is 0. The molecule has 1 saturated carbocycles. The fraction of sp³-hybridized carbons (Fsp3) is 0.333. The number of halogens is 8. The van der Waals surface area contributed by atoms with Crippen molar-refractivity contribution in [1.29, 1.82) is 0 Å². The smallest absolute Gasteiger partial charge is 1.00 e. The Hall–Kier alpha value is -2.61. The fourth-order valence-electron chi connectivity index (χ4n) is 10.1. The maximum absolute atomic E-state index is 13.4. The van der Waals surface area contributed by atoms with Gasteiger partial charge in [0.05, 0.1) is 0 Å². The van der Waals surface area contributed by atoms with E-state index >= 15 is 0 Å². The maximum atomic E-state index is 13.4. The van der Waals surface area contributed by atoms with Gasteiger partial charge in [0.25, 0.3) is 0 Å². The fourth-order valence-corrected chi connectivity index (χ4v) is 46.0. The van der Waals surface area contributed by atoms with Gasteiger partial charge in [0, 0.05) is 0 Å². The van der Waals surface area contributed by atoms with Gasteiger partial charge >= 0.3 is 290 Å². The zero-order valence-corrected chi connectivity index (χ0v) is 33.4. The molecular weight excluding hydrogens is 868 g/mol. The van der Waals surface area contributed by atoms with Crippen LogP contribution in [0.15, 0.2) is 96.1 Å². The molecule has 1 saturated heterocycles. The van der Waals surface area contributed by atoms with E-state index in [4.69, 9.17) is 0 Å². The molecule has 0 nitrogen and oxygen atoms in total. The largest absolute Gasteiger partial charge is 1.00 e. The molecule has 266 valence electrons. The Labute approximate surface area is 312 Å². The van der Waals surface area contributed by atoms with Gasteiger partial charge < -0.3 is 24.8 Å². The van der Waals surface area contributed by atoms with E-state index < -0.39 is 43.4 Å². The van der Waals surface area contributed by atoms with E-state index in [1.807, 2.05) is 0 Å². The summed E-state index contributed by atoms with van der Waals surface area (Å²) in [6, 6.07) is 24.1. The molecule has 4 unspecified atom stereocenters. The van der Waals surface area contributed by atoms with Gasteiger partial charge in [-0.15, -0.1) is 0 Å². The van der Waals surface area contributed by atoms with Crippen molar-refractivity contribution >= 4 is 12.2 Å². The van der Waals surface area contributed by atoms with Crippen molar-refractivity contribution in [3.63, 3.8) is 0 Å². The monoisotopic (exact) mass is 906 g/mol. The van der Waals surface area contributed by atoms with Gasteiger partial charge in [0.15, 0.2) is 0 Å². The SMILES string of the molecule is CCC1=Cc2c(-c3ccc(C(F)(F)F)cc3)cccc2[CH]1[Hf+2]1([CH]2C(CC)=Cc3c(-c4ccc(C(F)(F)F)cc4)cccc32)[CH]2CCCC[CH]21.[Cl-].[Cl-]. The summed E-state index contributed by atoms with van der Waals surface area (Å²) in [5.41, 5.74) is 10.4. The molecule has 4 aliphatic rings. The van der Waals surface area contributed by atoms with Crippen molar-refractivity contribution in [2.75, 3.05) is 0 Å². The topological polar surface area (TPSA) is 0 Å². The molecule has 9 heteroatoms. The molecule has 0 aromatic heterocycles. The van der Waals surface area contributed by atoms with Crippen molar-refractivity contribution < 1.29 is 71.1 Å². The Bertz CT molecular complexity index is 1850. The van der Waals surface area contributed by atoms with Crippen LogP contribution in [-0.4, -0.2) is 0 Å². The van der Waals surface area contributed by atoms with Crippen LogP contribution in [0.3, 0.4) is 0 Å². The van der Waals surface area contributed by atoms with Crippen molar-refractivity contribution in [3.05, 3.63) is 129 Å². The zero-order valence-electron chi connectivity index (χ0n) is 28.3. The van der Waals surface area contributed by atoms with Crippen LogP contribution in [0.4, 0.5) is 26.3 Å². The third-order valence-corrected chi connectivity index (χ3v) is 37.0. The molecule has 4 aromatic rings. The minimum absolute atomic E-state index is 0. The number of allylic oxidation sites excluding steroid dienone is 2. The predicted molar refractivity (Wildman–Crippen MR) is 182 cm³/mol. The second-order valence-electron chi connectivity index (χ2n) is 14.3. The van der Waals surface area contributed by atoms with Crippen LogP contribution in [0, 0.1) is 0 Å². The van der Waals surface area contributed by atoms with E-state index in [1.54, 1.807) is 24.3 Å². The first kappa shape index (κ1) is 38.1. The average molecular weight is 906 g/mol. The molecule has 0 bridgehead atoms. The van der Waals surface area contributed by atoms with Gasteiger partial charge in [-0.3, -0.25) is 0 Å². The first-order valence-electron chi connectivity index (χ1n) is 17.5. The molecule has 8 rings (SSSR count). The molecule has 0 radical (unpaired) electrons. The Kier molecular flexibility index (Phi) is 10.5. The van der Waals surface area contributed by atoms with E-state index in [9.17, 15) is 26.3 Å². The zero-order chi connectivity index (χ0) is 34.3. The van der Waals surface area contributed by atoms with Crippen molar-refractivity contribution in [3.8, 4) is 22.3 Å². The number of alkyl halides is 6.